The van der Waals surface area contributed by atoms with Crippen LogP contribution >= 0.6 is 0 Å². The fraction of sp³-hybridized carbons (Fsp3) is 0.231. The van der Waals surface area contributed by atoms with Gasteiger partial charge in [0.15, 0.2) is 0 Å². The van der Waals surface area contributed by atoms with Crippen molar-refractivity contribution >= 4 is 11.6 Å². The Hall–Kier alpha value is -2.10. The van der Waals surface area contributed by atoms with Gasteiger partial charge in [0.25, 0.3) is 0 Å². The number of hydrazone groups is 1. The van der Waals surface area contributed by atoms with Crippen LogP contribution in [0.2, 0.25) is 0 Å². The van der Waals surface area contributed by atoms with Crippen LogP contribution in [0.25, 0.3) is 0 Å². The molecule has 0 atom stereocenters. The minimum atomic E-state index is -0.0566. The van der Waals surface area contributed by atoms with E-state index in [0.717, 1.165) is 16.8 Å². The van der Waals surface area contributed by atoms with Crippen molar-refractivity contribution in [3.8, 4) is 5.75 Å². The lowest BCUT2D eigenvalue weighted by Gasteiger charge is -2.13. The standard InChI is InChI=1S/C13H14N2O2/c1-2-3-10-8-9(4-6-12(10)16)11-5-7-13(17)15-14-11/h2,4,6,8,16H,1,3,5,7H2,(H,15,17). The molecule has 0 aromatic heterocycles. The average molecular weight is 230 g/mol. The molecule has 0 fully saturated rings. The zero-order valence-electron chi connectivity index (χ0n) is 9.44. The molecule has 1 aliphatic rings. The first-order chi connectivity index (χ1) is 8.20. The van der Waals surface area contributed by atoms with Gasteiger partial charge in [-0.1, -0.05) is 6.08 Å². The number of aromatic hydroxyl groups is 1. The maximum Gasteiger partial charge on any atom is 0.240 e. The molecule has 0 radical (unpaired) electrons. The fourth-order valence-corrected chi connectivity index (χ4v) is 1.77. The Morgan fingerprint density at radius 1 is 1.47 bits per heavy atom. The van der Waals surface area contributed by atoms with E-state index in [2.05, 4.69) is 17.1 Å². The van der Waals surface area contributed by atoms with Crippen LogP contribution in [0.15, 0.2) is 36.0 Å². The number of nitrogens with zero attached hydrogens (tertiary/aromatic N) is 1. The Bertz CT molecular complexity index is 492. The molecule has 4 nitrogen and oxygen atoms in total. The second kappa shape index (κ2) is 4.82. The van der Waals surface area contributed by atoms with Crippen molar-refractivity contribution in [3.63, 3.8) is 0 Å². The summed E-state index contributed by atoms with van der Waals surface area (Å²) in [5.74, 6) is 0.202. The quantitative estimate of drug-likeness (QED) is 0.777. The summed E-state index contributed by atoms with van der Waals surface area (Å²) < 4.78 is 0. The number of allylic oxidation sites excluding steroid dienone is 1. The lowest BCUT2D eigenvalue weighted by molar-refractivity contribution is -0.121. The van der Waals surface area contributed by atoms with Crippen LogP contribution < -0.4 is 5.43 Å². The van der Waals surface area contributed by atoms with Crippen LogP contribution in [0.4, 0.5) is 0 Å². The maximum absolute atomic E-state index is 11.0. The van der Waals surface area contributed by atoms with E-state index >= 15 is 0 Å². The van der Waals surface area contributed by atoms with E-state index in [1.807, 2.05) is 6.07 Å². The summed E-state index contributed by atoms with van der Waals surface area (Å²) in [5.41, 5.74) is 5.05. The van der Waals surface area contributed by atoms with Crippen LogP contribution in [0.5, 0.6) is 5.75 Å². The molecule has 1 amide bonds. The number of carbonyl (C=O) groups excluding carboxylic acids is 1. The van der Waals surface area contributed by atoms with Gasteiger partial charge in [-0.15, -0.1) is 6.58 Å². The second-order valence-corrected chi connectivity index (χ2v) is 3.93. The number of hydrogen-bond donors (Lipinski definition) is 2. The Balaban J connectivity index is 2.30. The third kappa shape index (κ3) is 2.53. The summed E-state index contributed by atoms with van der Waals surface area (Å²) in [6, 6.07) is 5.33. The third-order valence-corrected chi connectivity index (χ3v) is 2.68. The fourth-order valence-electron chi connectivity index (χ4n) is 1.77. The maximum atomic E-state index is 11.0. The molecule has 1 aromatic rings. The van der Waals surface area contributed by atoms with E-state index in [4.69, 9.17) is 0 Å². The van der Waals surface area contributed by atoms with Crippen molar-refractivity contribution in [2.24, 2.45) is 5.10 Å². The second-order valence-electron chi connectivity index (χ2n) is 3.93. The van der Waals surface area contributed by atoms with Crippen molar-refractivity contribution in [3.05, 3.63) is 42.0 Å². The van der Waals surface area contributed by atoms with Crippen molar-refractivity contribution in [1.82, 2.24) is 5.43 Å². The van der Waals surface area contributed by atoms with Crippen molar-refractivity contribution < 1.29 is 9.90 Å². The highest BCUT2D eigenvalue weighted by Gasteiger charge is 2.14. The number of rotatable bonds is 3. The number of carbonyl (C=O) groups is 1. The Morgan fingerprint density at radius 3 is 2.94 bits per heavy atom. The minimum absolute atomic E-state index is 0.0566. The molecule has 0 bridgehead atoms. The Labute approximate surface area is 99.7 Å². The van der Waals surface area contributed by atoms with Crippen LogP contribution in [0, 0.1) is 0 Å². The molecule has 88 valence electrons. The normalized spacial score (nSPS) is 15.1. The van der Waals surface area contributed by atoms with Gasteiger partial charge in [0.1, 0.15) is 5.75 Å². The molecule has 0 spiro atoms. The van der Waals surface area contributed by atoms with E-state index in [9.17, 15) is 9.90 Å². The van der Waals surface area contributed by atoms with E-state index in [0.29, 0.717) is 19.3 Å². The highest BCUT2D eigenvalue weighted by Crippen LogP contribution is 2.21. The number of nitrogens with one attached hydrogen (secondary N) is 1. The highest BCUT2D eigenvalue weighted by atomic mass is 16.3. The molecule has 1 aromatic carbocycles. The predicted octanol–water partition coefficient (Wildman–Crippen LogP) is 1.73. The third-order valence-electron chi connectivity index (χ3n) is 2.68. The van der Waals surface area contributed by atoms with Gasteiger partial charge in [-0.2, -0.15) is 5.10 Å². The first-order valence-electron chi connectivity index (χ1n) is 5.49. The van der Waals surface area contributed by atoms with Gasteiger partial charge in [0.05, 0.1) is 5.71 Å². The van der Waals surface area contributed by atoms with Gasteiger partial charge in [-0.05, 0) is 35.7 Å². The minimum Gasteiger partial charge on any atom is -0.508 e. The van der Waals surface area contributed by atoms with Gasteiger partial charge in [-0.25, -0.2) is 5.43 Å². The number of amides is 1. The van der Waals surface area contributed by atoms with Crippen molar-refractivity contribution in [2.75, 3.05) is 0 Å². The molecular weight excluding hydrogens is 216 g/mol. The van der Waals surface area contributed by atoms with Crippen LogP contribution in [0.3, 0.4) is 0 Å². The average Bonchev–Trinajstić information content (AvgIpc) is 2.33. The molecule has 2 rings (SSSR count). The Kier molecular flexibility index (Phi) is 3.23. The summed E-state index contributed by atoms with van der Waals surface area (Å²) in [6.07, 6.45) is 3.43. The SMILES string of the molecule is C=CCc1cc(C2=NNC(=O)CC2)ccc1O. The van der Waals surface area contributed by atoms with Crippen molar-refractivity contribution in [2.45, 2.75) is 19.3 Å². The van der Waals surface area contributed by atoms with Crippen LogP contribution in [-0.4, -0.2) is 16.7 Å². The topological polar surface area (TPSA) is 61.7 Å². The number of benzene rings is 1. The summed E-state index contributed by atoms with van der Waals surface area (Å²) in [5, 5.41) is 13.7. The molecule has 17 heavy (non-hydrogen) atoms. The molecule has 0 saturated carbocycles. The molecular formula is C13H14N2O2. The number of phenols is 1. The molecule has 0 saturated heterocycles. The molecule has 0 aliphatic carbocycles. The van der Waals surface area contributed by atoms with E-state index < -0.39 is 0 Å². The zero-order chi connectivity index (χ0) is 12.3. The largest absolute Gasteiger partial charge is 0.508 e. The van der Waals surface area contributed by atoms with E-state index in [1.54, 1.807) is 18.2 Å². The van der Waals surface area contributed by atoms with Crippen molar-refractivity contribution in [1.29, 1.82) is 0 Å². The number of hydrogen-bond acceptors (Lipinski definition) is 3. The summed E-state index contributed by atoms with van der Waals surface area (Å²) in [6.45, 7) is 3.65. The molecule has 1 aliphatic heterocycles. The summed E-state index contributed by atoms with van der Waals surface area (Å²) in [4.78, 5) is 11.0. The lowest BCUT2D eigenvalue weighted by Crippen LogP contribution is -2.25. The highest BCUT2D eigenvalue weighted by molar-refractivity contribution is 6.04. The summed E-state index contributed by atoms with van der Waals surface area (Å²) >= 11 is 0. The molecule has 0 unspecified atom stereocenters. The molecule has 1 heterocycles. The van der Waals surface area contributed by atoms with Gasteiger partial charge in [0.2, 0.25) is 5.91 Å². The molecule has 2 N–H and O–H groups in total. The van der Waals surface area contributed by atoms with E-state index in [1.165, 1.54) is 0 Å². The van der Waals surface area contributed by atoms with Gasteiger partial charge in [0, 0.05) is 12.8 Å². The van der Waals surface area contributed by atoms with Gasteiger partial charge >= 0.3 is 0 Å². The van der Waals surface area contributed by atoms with Gasteiger partial charge < -0.3 is 5.11 Å². The zero-order valence-corrected chi connectivity index (χ0v) is 9.44. The number of phenolic OH excluding ortho intramolecular Hbond substituents is 1. The molecule has 4 heteroatoms. The van der Waals surface area contributed by atoms with Crippen LogP contribution in [-0.2, 0) is 11.2 Å². The predicted molar refractivity (Wildman–Crippen MR) is 65.9 cm³/mol. The Morgan fingerprint density at radius 2 is 2.29 bits per heavy atom. The first-order valence-corrected chi connectivity index (χ1v) is 5.49. The summed E-state index contributed by atoms with van der Waals surface area (Å²) in [7, 11) is 0. The van der Waals surface area contributed by atoms with Crippen LogP contribution in [0.1, 0.15) is 24.0 Å². The van der Waals surface area contributed by atoms with Gasteiger partial charge in [-0.3, -0.25) is 4.79 Å². The smallest absolute Gasteiger partial charge is 0.240 e. The van der Waals surface area contributed by atoms with E-state index in [-0.39, 0.29) is 11.7 Å². The monoisotopic (exact) mass is 230 g/mol. The first kappa shape index (κ1) is 11.4. The lowest BCUT2D eigenvalue weighted by atomic mass is 10.0.